The maximum absolute atomic E-state index is 13.0. The first-order valence-electron chi connectivity index (χ1n) is 9.63. The molecule has 2 heterocycles. The lowest BCUT2D eigenvalue weighted by Gasteiger charge is -2.20. The van der Waals surface area contributed by atoms with Crippen molar-refractivity contribution >= 4 is 33.1 Å². The Morgan fingerprint density at radius 2 is 2.07 bits per heavy atom. The van der Waals surface area contributed by atoms with E-state index in [-0.39, 0.29) is 5.97 Å². The van der Waals surface area contributed by atoms with Crippen LogP contribution in [0.25, 0.3) is 15.8 Å². The van der Waals surface area contributed by atoms with Gasteiger partial charge in [0.05, 0.1) is 6.07 Å². The van der Waals surface area contributed by atoms with E-state index in [0.29, 0.717) is 10.5 Å². The quantitative estimate of drug-likeness (QED) is 0.594. The first kappa shape index (κ1) is 20.3. The number of hydrogen-bond donors (Lipinski definition) is 0. The zero-order valence-corrected chi connectivity index (χ0v) is 18.2. The summed E-state index contributed by atoms with van der Waals surface area (Å²) in [6, 6.07) is 2.23. The third-order valence-corrected chi connectivity index (χ3v) is 5.98. The number of aryl methyl sites for hydroxylation is 2. The number of thiophene rings is 1. The summed E-state index contributed by atoms with van der Waals surface area (Å²) in [5.41, 5.74) is 5.37. The van der Waals surface area contributed by atoms with Crippen LogP contribution in [0.5, 0.6) is 0 Å². The highest BCUT2D eigenvalue weighted by atomic mass is 32.1. The molecule has 28 heavy (non-hydrogen) atoms. The van der Waals surface area contributed by atoms with Gasteiger partial charge >= 0.3 is 5.97 Å². The number of nitriles is 1. The first-order chi connectivity index (χ1) is 13.2. The number of hydrogen-bond acceptors (Lipinski definition) is 5. The molecular weight excluding hydrogens is 368 g/mol. The maximum atomic E-state index is 13.0. The monoisotopic (exact) mass is 394 g/mol. The van der Waals surface area contributed by atoms with Crippen LogP contribution in [-0.4, -0.2) is 16.6 Å². The maximum Gasteiger partial charge on any atom is 0.349 e. The molecule has 4 nitrogen and oxygen atoms in total. The summed E-state index contributed by atoms with van der Waals surface area (Å²) in [6.45, 7) is 11.9. The van der Waals surface area contributed by atoms with Gasteiger partial charge in [-0.25, -0.2) is 9.78 Å². The zero-order chi connectivity index (χ0) is 20.6. The molecule has 0 saturated heterocycles. The molecule has 146 valence electrons. The van der Waals surface area contributed by atoms with Gasteiger partial charge in [-0.15, -0.1) is 11.3 Å². The molecule has 0 spiro atoms. The summed E-state index contributed by atoms with van der Waals surface area (Å²) < 4.78 is 5.70. The standard InChI is InChI=1S/C23H26N2O2S/c1-7-17-13(2)18-19(16-10-8-9-15(11-16)12-24)20(22(26)27-23(4,5)6)28-21(18)25-14(17)3/h9,11H,7-8,10H2,1-6H3. The second-order valence-electron chi connectivity index (χ2n) is 8.12. The molecule has 1 aliphatic rings. The average Bonchev–Trinajstić information content (AvgIpc) is 3.00. The van der Waals surface area contributed by atoms with Crippen molar-refractivity contribution in [2.75, 3.05) is 0 Å². The fraction of sp³-hybridized carbons (Fsp3) is 0.435. The largest absolute Gasteiger partial charge is 0.456 e. The summed E-state index contributed by atoms with van der Waals surface area (Å²) in [7, 11) is 0. The molecule has 0 fully saturated rings. The number of fused-ring (bicyclic) bond motifs is 1. The van der Waals surface area contributed by atoms with Gasteiger partial charge in [-0.05, 0) is 76.7 Å². The van der Waals surface area contributed by atoms with Crippen LogP contribution in [-0.2, 0) is 11.2 Å². The highest BCUT2D eigenvalue weighted by Crippen LogP contribution is 2.42. The predicted molar refractivity (Wildman–Crippen MR) is 115 cm³/mol. The number of carbonyl (C=O) groups excluding carboxylic acids is 1. The minimum Gasteiger partial charge on any atom is -0.456 e. The molecule has 0 unspecified atom stereocenters. The molecule has 0 bridgehead atoms. The smallest absolute Gasteiger partial charge is 0.349 e. The Morgan fingerprint density at radius 3 is 2.68 bits per heavy atom. The molecule has 0 saturated carbocycles. The van der Waals surface area contributed by atoms with Gasteiger partial charge in [-0.1, -0.05) is 13.0 Å². The summed E-state index contributed by atoms with van der Waals surface area (Å²) in [5.74, 6) is -0.324. The summed E-state index contributed by atoms with van der Waals surface area (Å²) in [4.78, 5) is 19.3. The Balaban J connectivity index is 2.33. The summed E-state index contributed by atoms with van der Waals surface area (Å²) in [5, 5.41) is 10.4. The van der Waals surface area contributed by atoms with E-state index in [2.05, 4.69) is 19.9 Å². The lowest BCUT2D eigenvalue weighted by molar-refractivity contribution is 0.00750. The SMILES string of the molecule is CCc1c(C)nc2sc(C(=O)OC(C)(C)C)c(C3=CC(C#N)=CCC3)c2c1C. The van der Waals surface area contributed by atoms with Gasteiger partial charge in [0.15, 0.2) is 0 Å². The third kappa shape index (κ3) is 3.74. The predicted octanol–water partition coefficient (Wildman–Crippen LogP) is 6.06. The minimum absolute atomic E-state index is 0.324. The zero-order valence-electron chi connectivity index (χ0n) is 17.4. The van der Waals surface area contributed by atoms with Crippen LogP contribution >= 0.6 is 11.3 Å². The van der Waals surface area contributed by atoms with Crippen molar-refractivity contribution in [2.45, 2.75) is 66.4 Å². The van der Waals surface area contributed by atoms with E-state index < -0.39 is 5.60 Å². The molecule has 0 atom stereocenters. The van der Waals surface area contributed by atoms with E-state index in [1.165, 1.54) is 22.5 Å². The molecule has 1 aliphatic carbocycles. The van der Waals surface area contributed by atoms with Crippen molar-refractivity contribution in [3.8, 4) is 6.07 Å². The second kappa shape index (κ2) is 7.52. The van der Waals surface area contributed by atoms with Gasteiger partial charge in [0.2, 0.25) is 0 Å². The van der Waals surface area contributed by atoms with Gasteiger partial charge in [0.25, 0.3) is 0 Å². The topological polar surface area (TPSA) is 63.0 Å². The second-order valence-corrected chi connectivity index (χ2v) is 9.12. The first-order valence-corrected chi connectivity index (χ1v) is 10.4. The Kier molecular flexibility index (Phi) is 5.45. The molecule has 0 radical (unpaired) electrons. The van der Waals surface area contributed by atoms with Crippen LogP contribution in [0.1, 0.15) is 72.6 Å². The Labute approximate surface area is 170 Å². The van der Waals surface area contributed by atoms with E-state index in [1.54, 1.807) is 0 Å². The number of rotatable bonds is 3. The number of pyridine rings is 1. The average molecular weight is 395 g/mol. The number of aromatic nitrogens is 1. The minimum atomic E-state index is -0.573. The van der Waals surface area contributed by atoms with Gasteiger partial charge < -0.3 is 4.74 Å². The molecule has 2 aromatic heterocycles. The van der Waals surface area contributed by atoms with Gasteiger partial charge in [-0.2, -0.15) is 5.26 Å². The van der Waals surface area contributed by atoms with Crippen LogP contribution in [0.2, 0.25) is 0 Å². The van der Waals surface area contributed by atoms with E-state index in [1.807, 2.05) is 39.8 Å². The molecule has 0 aliphatic heterocycles. The number of esters is 1. The van der Waals surface area contributed by atoms with E-state index in [0.717, 1.165) is 46.3 Å². The number of nitrogens with zero attached hydrogens (tertiary/aromatic N) is 2. The fourth-order valence-electron chi connectivity index (χ4n) is 3.76. The molecule has 3 rings (SSSR count). The fourth-order valence-corrected chi connectivity index (χ4v) is 4.95. The lowest BCUT2D eigenvalue weighted by atomic mass is 9.90. The lowest BCUT2D eigenvalue weighted by Crippen LogP contribution is -2.23. The van der Waals surface area contributed by atoms with E-state index in [9.17, 15) is 10.1 Å². The van der Waals surface area contributed by atoms with Crippen LogP contribution in [0.4, 0.5) is 0 Å². The van der Waals surface area contributed by atoms with Crippen LogP contribution in [0, 0.1) is 25.2 Å². The highest BCUT2D eigenvalue weighted by molar-refractivity contribution is 7.20. The van der Waals surface area contributed by atoms with Crippen LogP contribution in [0.3, 0.4) is 0 Å². The normalized spacial score (nSPS) is 14.5. The molecular formula is C23H26N2O2S. The number of allylic oxidation sites excluding steroid dienone is 4. The van der Waals surface area contributed by atoms with Crippen molar-refractivity contribution in [1.29, 1.82) is 5.26 Å². The molecule has 0 aromatic carbocycles. The third-order valence-electron chi connectivity index (χ3n) is 4.92. The molecule has 5 heteroatoms. The molecule has 0 N–H and O–H groups in total. The van der Waals surface area contributed by atoms with Crippen molar-refractivity contribution in [3.05, 3.63) is 45.0 Å². The van der Waals surface area contributed by atoms with Gasteiger partial charge in [0, 0.05) is 22.2 Å². The number of ether oxygens (including phenoxy) is 1. The van der Waals surface area contributed by atoms with Gasteiger partial charge in [0.1, 0.15) is 15.3 Å². The van der Waals surface area contributed by atoms with Crippen molar-refractivity contribution < 1.29 is 9.53 Å². The number of carbonyl (C=O) groups is 1. The Hall–Kier alpha value is -2.45. The van der Waals surface area contributed by atoms with E-state index >= 15 is 0 Å². The van der Waals surface area contributed by atoms with E-state index in [4.69, 9.17) is 9.72 Å². The molecule has 2 aromatic rings. The molecule has 0 amide bonds. The Morgan fingerprint density at radius 1 is 1.36 bits per heavy atom. The van der Waals surface area contributed by atoms with Gasteiger partial charge in [-0.3, -0.25) is 0 Å². The summed E-state index contributed by atoms with van der Waals surface area (Å²) >= 11 is 1.39. The summed E-state index contributed by atoms with van der Waals surface area (Å²) in [6.07, 6.45) is 6.32. The van der Waals surface area contributed by atoms with Crippen molar-refractivity contribution in [1.82, 2.24) is 4.98 Å². The Bertz CT molecular complexity index is 1060. The highest BCUT2D eigenvalue weighted by Gasteiger charge is 2.28. The van der Waals surface area contributed by atoms with Crippen LogP contribution in [0.15, 0.2) is 17.7 Å². The van der Waals surface area contributed by atoms with Crippen LogP contribution < -0.4 is 0 Å². The van der Waals surface area contributed by atoms with Crippen molar-refractivity contribution in [3.63, 3.8) is 0 Å². The van der Waals surface area contributed by atoms with Crippen molar-refractivity contribution in [2.24, 2.45) is 0 Å².